The van der Waals surface area contributed by atoms with Crippen LogP contribution < -0.4 is 4.74 Å². The lowest BCUT2D eigenvalue weighted by atomic mass is 10.0. The molecule has 0 N–H and O–H groups in total. The van der Waals surface area contributed by atoms with Gasteiger partial charge in [0.25, 0.3) is 5.69 Å². The van der Waals surface area contributed by atoms with Gasteiger partial charge in [0.05, 0.1) is 29.4 Å². The topological polar surface area (TPSA) is 70.2 Å². The Labute approximate surface area is 155 Å². The molecule has 0 atom stereocenters. The minimum absolute atomic E-state index is 0.0561. The van der Waals surface area contributed by atoms with Crippen LogP contribution in [-0.4, -0.2) is 21.6 Å². The van der Waals surface area contributed by atoms with Crippen LogP contribution in [0.1, 0.15) is 5.56 Å². The van der Waals surface area contributed by atoms with Gasteiger partial charge in [0, 0.05) is 24.2 Å². The first kappa shape index (κ1) is 16.8. The zero-order chi connectivity index (χ0) is 18.8. The van der Waals surface area contributed by atoms with Gasteiger partial charge in [-0.3, -0.25) is 10.1 Å². The van der Waals surface area contributed by atoms with Crippen LogP contribution in [0.25, 0.3) is 22.2 Å². The van der Waals surface area contributed by atoms with Crippen LogP contribution in [-0.2, 0) is 6.54 Å². The number of nitro benzene ring substituents is 1. The van der Waals surface area contributed by atoms with Crippen LogP contribution in [0.4, 0.5) is 5.69 Å². The molecule has 0 saturated heterocycles. The second kappa shape index (κ2) is 6.92. The Kier molecular flexibility index (Phi) is 4.30. The number of hydrogen-bond acceptors (Lipinski definition) is 4. The molecule has 0 amide bonds. The Hall–Kier alpha value is -3.67. The fourth-order valence-corrected chi connectivity index (χ4v) is 3.20. The van der Waals surface area contributed by atoms with Gasteiger partial charge in [0.1, 0.15) is 5.75 Å². The van der Waals surface area contributed by atoms with Crippen LogP contribution in [0.15, 0.2) is 73.1 Å². The van der Waals surface area contributed by atoms with Crippen LogP contribution in [0, 0.1) is 10.1 Å². The summed E-state index contributed by atoms with van der Waals surface area (Å²) >= 11 is 0. The average Bonchev–Trinajstić information content (AvgIpc) is 3.11. The molecule has 0 aliphatic carbocycles. The highest BCUT2D eigenvalue weighted by atomic mass is 16.6. The third kappa shape index (κ3) is 3.25. The minimum atomic E-state index is -0.391. The number of imidazole rings is 1. The van der Waals surface area contributed by atoms with Crippen molar-refractivity contribution in [1.29, 1.82) is 0 Å². The number of fused-ring (bicyclic) bond motifs is 1. The van der Waals surface area contributed by atoms with Crippen LogP contribution >= 0.6 is 0 Å². The van der Waals surface area contributed by atoms with E-state index in [1.165, 1.54) is 6.07 Å². The predicted molar refractivity (Wildman–Crippen MR) is 104 cm³/mol. The van der Waals surface area contributed by atoms with Crippen LogP contribution in [0.2, 0.25) is 0 Å². The zero-order valence-electron chi connectivity index (χ0n) is 14.7. The number of rotatable bonds is 5. The summed E-state index contributed by atoms with van der Waals surface area (Å²) in [5.74, 6) is 0.676. The second-order valence-electron chi connectivity index (χ2n) is 6.20. The van der Waals surface area contributed by atoms with Gasteiger partial charge in [0.15, 0.2) is 0 Å². The van der Waals surface area contributed by atoms with Crippen molar-refractivity contribution in [2.75, 3.05) is 7.11 Å². The molecule has 0 spiro atoms. The Morgan fingerprint density at radius 1 is 1.07 bits per heavy atom. The molecule has 134 valence electrons. The van der Waals surface area contributed by atoms with E-state index < -0.39 is 4.92 Å². The van der Waals surface area contributed by atoms with Gasteiger partial charge < -0.3 is 9.30 Å². The smallest absolute Gasteiger partial charge is 0.270 e. The number of aromatic nitrogens is 2. The van der Waals surface area contributed by atoms with E-state index in [2.05, 4.69) is 9.55 Å². The summed E-state index contributed by atoms with van der Waals surface area (Å²) < 4.78 is 7.55. The molecule has 1 heterocycles. The molecule has 0 aliphatic heterocycles. The van der Waals surface area contributed by atoms with E-state index in [0.29, 0.717) is 12.3 Å². The highest BCUT2D eigenvalue weighted by Gasteiger charge is 2.12. The van der Waals surface area contributed by atoms with Crippen molar-refractivity contribution in [1.82, 2.24) is 9.55 Å². The van der Waals surface area contributed by atoms with Crippen molar-refractivity contribution in [3.05, 3.63) is 88.7 Å². The van der Waals surface area contributed by atoms with Crippen molar-refractivity contribution in [2.45, 2.75) is 6.54 Å². The Morgan fingerprint density at radius 3 is 2.74 bits per heavy atom. The Bertz CT molecular complexity index is 1130. The molecule has 0 aliphatic rings. The number of para-hydroxylation sites is 2. The SMILES string of the molecule is COc1ccc(Cn2cnc3ccccc32)cc1-c1cccc([N+](=O)[O-])c1. The number of benzene rings is 3. The summed E-state index contributed by atoms with van der Waals surface area (Å²) in [7, 11) is 1.60. The maximum absolute atomic E-state index is 11.1. The van der Waals surface area contributed by atoms with Gasteiger partial charge in [-0.05, 0) is 35.4 Å². The highest BCUT2D eigenvalue weighted by molar-refractivity contribution is 5.75. The monoisotopic (exact) mass is 359 g/mol. The van der Waals surface area contributed by atoms with Gasteiger partial charge in [-0.1, -0.05) is 30.3 Å². The molecule has 27 heavy (non-hydrogen) atoms. The van der Waals surface area contributed by atoms with Gasteiger partial charge >= 0.3 is 0 Å². The first-order valence-corrected chi connectivity index (χ1v) is 8.47. The van der Waals surface area contributed by atoms with E-state index >= 15 is 0 Å². The molecule has 4 aromatic rings. The number of methoxy groups -OCH3 is 1. The second-order valence-corrected chi connectivity index (χ2v) is 6.20. The summed E-state index contributed by atoms with van der Waals surface area (Å²) in [5.41, 5.74) is 4.69. The van der Waals surface area contributed by atoms with E-state index in [0.717, 1.165) is 27.7 Å². The number of hydrogen-bond donors (Lipinski definition) is 0. The minimum Gasteiger partial charge on any atom is -0.496 e. The first-order valence-electron chi connectivity index (χ1n) is 8.47. The summed E-state index contributed by atoms with van der Waals surface area (Å²) in [4.78, 5) is 15.1. The number of ether oxygens (including phenoxy) is 1. The number of nitrogens with zero attached hydrogens (tertiary/aromatic N) is 3. The standard InChI is InChI=1S/C21H17N3O3/c1-27-21-10-9-15(13-23-14-22-19-7-2-3-8-20(19)23)11-18(21)16-5-4-6-17(12-16)24(25)26/h2-12,14H,13H2,1H3. The largest absolute Gasteiger partial charge is 0.496 e. The third-order valence-electron chi connectivity index (χ3n) is 4.51. The van der Waals surface area contributed by atoms with E-state index in [-0.39, 0.29) is 5.69 Å². The maximum atomic E-state index is 11.1. The Balaban J connectivity index is 1.75. The summed E-state index contributed by atoms with van der Waals surface area (Å²) in [5, 5.41) is 11.1. The van der Waals surface area contributed by atoms with Gasteiger partial charge in [-0.2, -0.15) is 0 Å². The molecule has 0 fully saturated rings. The van der Waals surface area contributed by atoms with E-state index in [1.807, 2.05) is 54.9 Å². The van der Waals surface area contributed by atoms with Crippen molar-refractivity contribution in [3.63, 3.8) is 0 Å². The van der Waals surface area contributed by atoms with Crippen molar-refractivity contribution < 1.29 is 9.66 Å². The van der Waals surface area contributed by atoms with Crippen LogP contribution in [0.3, 0.4) is 0 Å². The zero-order valence-corrected chi connectivity index (χ0v) is 14.7. The lowest BCUT2D eigenvalue weighted by molar-refractivity contribution is -0.384. The van der Waals surface area contributed by atoms with E-state index in [1.54, 1.807) is 19.2 Å². The quantitative estimate of drug-likeness (QED) is 0.383. The molecular formula is C21H17N3O3. The number of nitro groups is 1. The summed E-state index contributed by atoms with van der Waals surface area (Å²) in [6, 6.07) is 20.4. The number of non-ortho nitro benzene ring substituents is 1. The van der Waals surface area contributed by atoms with Crippen molar-refractivity contribution in [2.24, 2.45) is 0 Å². The molecule has 6 heteroatoms. The highest BCUT2D eigenvalue weighted by Crippen LogP contribution is 2.33. The fraction of sp³-hybridized carbons (Fsp3) is 0.0952. The molecule has 6 nitrogen and oxygen atoms in total. The average molecular weight is 359 g/mol. The van der Waals surface area contributed by atoms with E-state index in [9.17, 15) is 10.1 Å². The molecule has 0 radical (unpaired) electrons. The maximum Gasteiger partial charge on any atom is 0.270 e. The van der Waals surface area contributed by atoms with Crippen molar-refractivity contribution in [3.8, 4) is 16.9 Å². The van der Waals surface area contributed by atoms with Gasteiger partial charge in [0.2, 0.25) is 0 Å². The molecule has 0 saturated carbocycles. The van der Waals surface area contributed by atoms with Gasteiger partial charge in [-0.15, -0.1) is 0 Å². The van der Waals surface area contributed by atoms with E-state index in [4.69, 9.17) is 4.74 Å². The summed E-state index contributed by atoms with van der Waals surface area (Å²) in [6.45, 7) is 0.645. The third-order valence-corrected chi connectivity index (χ3v) is 4.51. The Morgan fingerprint density at radius 2 is 1.93 bits per heavy atom. The molecule has 0 bridgehead atoms. The lowest BCUT2D eigenvalue weighted by Gasteiger charge is -2.12. The van der Waals surface area contributed by atoms with Crippen LogP contribution in [0.5, 0.6) is 5.75 Å². The molecule has 1 aromatic heterocycles. The molecule has 4 rings (SSSR count). The van der Waals surface area contributed by atoms with Gasteiger partial charge in [-0.25, -0.2) is 4.98 Å². The van der Waals surface area contributed by atoms with Crippen molar-refractivity contribution >= 4 is 16.7 Å². The fourth-order valence-electron chi connectivity index (χ4n) is 3.20. The molecular weight excluding hydrogens is 342 g/mol. The predicted octanol–water partition coefficient (Wildman–Crippen LogP) is 4.67. The molecule has 0 unspecified atom stereocenters. The normalized spacial score (nSPS) is 10.9. The first-order chi connectivity index (χ1) is 13.2. The lowest BCUT2D eigenvalue weighted by Crippen LogP contribution is -1.99. The molecule has 3 aromatic carbocycles. The summed E-state index contributed by atoms with van der Waals surface area (Å²) in [6.07, 6.45) is 1.82.